The predicted molar refractivity (Wildman–Crippen MR) is 82.7 cm³/mol. The number of hydrogen-bond acceptors (Lipinski definition) is 3. The number of halogens is 1. The average molecular weight is 337 g/mol. The summed E-state index contributed by atoms with van der Waals surface area (Å²) in [5.74, 6) is 1.35. The summed E-state index contributed by atoms with van der Waals surface area (Å²) < 4.78 is 6.23. The van der Waals surface area contributed by atoms with E-state index in [2.05, 4.69) is 15.9 Å². The van der Waals surface area contributed by atoms with E-state index in [1.807, 2.05) is 26.8 Å². The summed E-state index contributed by atoms with van der Waals surface area (Å²) >= 11 is 3.21. The van der Waals surface area contributed by atoms with Crippen LogP contribution < -0.4 is 4.74 Å². The molecule has 3 nitrogen and oxygen atoms in total. The summed E-state index contributed by atoms with van der Waals surface area (Å²) in [4.78, 5) is 0. The van der Waals surface area contributed by atoms with E-state index in [1.165, 1.54) is 6.07 Å². The van der Waals surface area contributed by atoms with Crippen LogP contribution in [0.3, 0.4) is 0 Å². The van der Waals surface area contributed by atoms with Gasteiger partial charge in [0.2, 0.25) is 0 Å². The largest absolute Gasteiger partial charge is 0.508 e. The number of ether oxygens (including phenoxy) is 1. The van der Waals surface area contributed by atoms with E-state index >= 15 is 0 Å². The lowest BCUT2D eigenvalue weighted by Crippen LogP contribution is -2.11. The molecule has 2 aromatic carbocycles. The highest BCUT2D eigenvalue weighted by molar-refractivity contribution is 9.10. The molecule has 2 aromatic rings. The minimum absolute atomic E-state index is 0.109. The molecule has 106 valence electrons. The number of phenolic OH excluding ortho intramolecular Hbond substituents is 2. The van der Waals surface area contributed by atoms with Gasteiger partial charge >= 0.3 is 0 Å². The van der Waals surface area contributed by atoms with Crippen LogP contribution in [0.4, 0.5) is 0 Å². The van der Waals surface area contributed by atoms with Crippen molar-refractivity contribution in [2.75, 3.05) is 0 Å². The van der Waals surface area contributed by atoms with Crippen molar-refractivity contribution >= 4 is 15.9 Å². The Kier molecular flexibility index (Phi) is 3.95. The maximum absolute atomic E-state index is 10.1. The molecule has 0 bridgehead atoms. The van der Waals surface area contributed by atoms with Crippen LogP contribution in [-0.2, 0) is 5.41 Å². The molecule has 0 heterocycles. The van der Waals surface area contributed by atoms with Gasteiger partial charge in [0.1, 0.15) is 23.0 Å². The maximum Gasteiger partial charge on any atom is 0.133 e. The molecular formula is C16H17BrO3. The van der Waals surface area contributed by atoms with Gasteiger partial charge in [0.15, 0.2) is 0 Å². The number of phenols is 2. The molecule has 0 aliphatic rings. The van der Waals surface area contributed by atoms with E-state index in [0.29, 0.717) is 16.0 Å². The first-order chi connectivity index (χ1) is 9.27. The molecule has 20 heavy (non-hydrogen) atoms. The first-order valence-electron chi connectivity index (χ1n) is 6.27. The Bertz CT molecular complexity index is 630. The molecular weight excluding hydrogens is 320 g/mol. The van der Waals surface area contributed by atoms with E-state index in [9.17, 15) is 10.2 Å². The first-order valence-corrected chi connectivity index (χ1v) is 7.06. The van der Waals surface area contributed by atoms with Gasteiger partial charge in [-0.2, -0.15) is 0 Å². The standard InChI is InChI=1S/C16H17BrO3/c1-16(2,3)12-6-4-10(8-14(12)18)20-11-5-7-13(17)15(19)9-11/h4-9,18-19H,1-3H3. The molecule has 2 N–H and O–H groups in total. The third kappa shape index (κ3) is 3.25. The molecule has 0 aromatic heterocycles. The van der Waals surface area contributed by atoms with Gasteiger partial charge in [0, 0.05) is 12.1 Å². The Hall–Kier alpha value is -1.68. The van der Waals surface area contributed by atoms with Crippen molar-refractivity contribution in [2.24, 2.45) is 0 Å². The number of benzene rings is 2. The number of aromatic hydroxyl groups is 2. The lowest BCUT2D eigenvalue weighted by molar-refractivity contribution is 0.431. The van der Waals surface area contributed by atoms with Gasteiger partial charge in [-0.1, -0.05) is 26.8 Å². The molecule has 4 heteroatoms. The van der Waals surface area contributed by atoms with Gasteiger partial charge in [0.05, 0.1) is 4.47 Å². The monoisotopic (exact) mass is 336 g/mol. The molecule has 0 spiro atoms. The Morgan fingerprint density at radius 3 is 1.95 bits per heavy atom. The molecule has 0 amide bonds. The summed E-state index contributed by atoms with van der Waals surface area (Å²) in [5.41, 5.74) is 0.738. The molecule has 0 unspecified atom stereocenters. The van der Waals surface area contributed by atoms with Crippen LogP contribution in [0.2, 0.25) is 0 Å². The summed E-state index contributed by atoms with van der Waals surface area (Å²) in [6, 6.07) is 10.2. The summed E-state index contributed by atoms with van der Waals surface area (Å²) in [6.07, 6.45) is 0. The van der Waals surface area contributed by atoms with Crippen LogP contribution in [0, 0.1) is 0 Å². The Morgan fingerprint density at radius 2 is 1.45 bits per heavy atom. The quantitative estimate of drug-likeness (QED) is 0.815. The smallest absolute Gasteiger partial charge is 0.133 e. The van der Waals surface area contributed by atoms with Gasteiger partial charge in [-0.15, -0.1) is 0 Å². The van der Waals surface area contributed by atoms with E-state index in [-0.39, 0.29) is 16.9 Å². The first kappa shape index (κ1) is 14.7. The van der Waals surface area contributed by atoms with E-state index in [0.717, 1.165) is 5.56 Å². The molecule has 0 saturated carbocycles. The van der Waals surface area contributed by atoms with E-state index < -0.39 is 0 Å². The summed E-state index contributed by atoms with van der Waals surface area (Å²) in [7, 11) is 0. The van der Waals surface area contributed by atoms with Gasteiger partial charge in [-0.3, -0.25) is 0 Å². The van der Waals surface area contributed by atoms with Crippen LogP contribution >= 0.6 is 15.9 Å². The average Bonchev–Trinajstić information content (AvgIpc) is 2.32. The number of rotatable bonds is 2. The topological polar surface area (TPSA) is 49.7 Å². The molecule has 0 radical (unpaired) electrons. The van der Waals surface area contributed by atoms with Crippen LogP contribution in [0.1, 0.15) is 26.3 Å². The van der Waals surface area contributed by atoms with Crippen molar-refractivity contribution in [1.29, 1.82) is 0 Å². The lowest BCUT2D eigenvalue weighted by Gasteiger charge is -2.20. The molecule has 0 atom stereocenters. The van der Waals surface area contributed by atoms with Crippen molar-refractivity contribution in [2.45, 2.75) is 26.2 Å². The molecule has 0 fully saturated rings. The minimum Gasteiger partial charge on any atom is -0.508 e. The Morgan fingerprint density at radius 1 is 0.900 bits per heavy atom. The zero-order valence-corrected chi connectivity index (χ0v) is 13.2. The fourth-order valence-corrected chi connectivity index (χ4v) is 2.15. The summed E-state index contributed by atoms with van der Waals surface area (Å²) in [5, 5.41) is 19.7. The minimum atomic E-state index is -0.126. The second kappa shape index (κ2) is 5.37. The lowest BCUT2D eigenvalue weighted by atomic mass is 9.86. The highest BCUT2D eigenvalue weighted by atomic mass is 79.9. The van der Waals surface area contributed by atoms with Gasteiger partial charge < -0.3 is 14.9 Å². The Balaban J connectivity index is 2.26. The van der Waals surface area contributed by atoms with Crippen molar-refractivity contribution in [1.82, 2.24) is 0 Å². The second-order valence-corrected chi connectivity index (χ2v) is 6.50. The highest BCUT2D eigenvalue weighted by Gasteiger charge is 2.18. The zero-order chi connectivity index (χ0) is 14.9. The maximum atomic E-state index is 10.1. The van der Waals surface area contributed by atoms with Crippen LogP contribution in [-0.4, -0.2) is 10.2 Å². The van der Waals surface area contributed by atoms with Crippen molar-refractivity contribution < 1.29 is 14.9 Å². The number of hydrogen-bond donors (Lipinski definition) is 2. The molecule has 0 aliphatic carbocycles. The third-order valence-corrected chi connectivity index (χ3v) is 3.60. The van der Waals surface area contributed by atoms with Gasteiger partial charge in [0.25, 0.3) is 0 Å². The molecule has 0 saturated heterocycles. The van der Waals surface area contributed by atoms with E-state index in [1.54, 1.807) is 24.3 Å². The van der Waals surface area contributed by atoms with Crippen molar-refractivity contribution in [3.05, 3.63) is 46.4 Å². The highest BCUT2D eigenvalue weighted by Crippen LogP contribution is 2.36. The van der Waals surface area contributed by atoms with Crippen LogP contribution in [0.15, 0.2) is 40.9 Å². The Labute approximate surface area is 127 Å². The van der Waals surface area contributed by atoms with Gasteiger partial charge in [-0.05, 0) is 45.1 Å². The SMILES string of the molecule is CC(C)(C)c1ccc(Oc2ccc(Br)c(O)c2)cc1O. The van der Waals surface area contributed by atoms with Crippen molar-refractivity contribution in [3.63, 3.8) is 0 Å². The van der Waals surface area contributed by atoms with Crippen LogP contribution in [0.5, 0.6) is 23.0 Å². The second-order valence-electron chi connectivity index (χ2n) is 5.64. The van der Waals surface area contributed by atoms with E-state index in [4.69, 9.17) is 4.74 Å². The van der Waals surface area contributed by atoms with Crippen molar-refractivity contribution in [3.8, 4) is 23.0 Å². The predicted octanol–water partition coefficient (Wildman–Crippen LogP) is 4.95. The van der Waals surface area contributed by atoms with Crippen LogP contribution in [0.25, 0.3) is 0 Å². The molecule has 2 rings (SSSR count). The normalized spacial score (nSPS) is 11.4. The molecule has 0 aliphatic heterocycles. The summed E-state index contributed by atoms with van der Waals surface area (Å²) in [6.45, 7) is 6.11. The fraction of sp³-hybridized carbons (Fsp3) is 0.250. The van der Waals surface area contributed by atoms with Gasteiger partial charge in [-0.25, -0.2) is 0 Å². The zero-order valence-electron chi connectivity index (χ0n) is 11.6. The fourth-order valence-electron chi connectivity index (χ4n) is 1.90. The third-order valence-electron chi connectivity index (χ3n) is 2.93.